The van der Waals surface area contributed by atoms with E-state index in [4.69, 9.17) is 0 Å². The van der Waals surface area contributed by atoms with Crippen LogP contribution in [0, 0.1) is 11.8 Å². The summed E-state index contributed by atoms with van der Waals surface area (Å²) in [7, 11) is 0. The highest BCUT2D eigenvalue weighted by Crippen LogP contribution is 2.27. The zero-order valence-electron chi connectivity index (χ0n) is 9.56. The molecule has 0 radical (unpaired) electrons. The molecule has 0 aliphatic heterocycles. The average Bonchev–Trinajstić information content (AvgIpc) is 2.26. The molecule has 0 fully saturated rings. The lowest BCUT2D eigenvalue weighted by atomic mass is 9.88. The summed E-state index contributed by atoms with van der Waals surface area (Å²) in [5, 5.41) is 10.2. The number of hydrogen-bond acceptors (Lipinski definition) is 1. The Balaban J connectivity index is 2.73. The Morgan fingerprint density at radius 1 is 1.27 bits per heavy atom. The molecular weight excluding hydrogens is 184 g/mol. The number of hydrogen-bond donors (Lipinski definition) is 1. The molecule has 0 bridgehead atoms. The van der Waals surface area contributed by atoms with E-state index >= 15 is 0 Å². The van der Waals surface area contributed by atoms with E-state index in [1.54, 1.807) is 0 Å². The molecule has 1 aromatic rings. The van der Waals surface area contributed by atoms with Crippen LogP contribution < -0.4 is 0 Å². The van der Waals surface area contributed by atoms with Gasteiger partial charge in [-0.3, -0.25) is 0 Å². The van der Waals surface area contributed by atoms with Crippen molar-refractivity contribution in [1.82, 2.24) is 0 Å². The molecular formula is C14H20O. The molecule has 1 nitrogen and oxygen atoms in total. The van der Waals surface area contributed by atoms with Gasteiger partial charge < -0.3 is 5.11 Å². The van der Waals surface area contributed by atoms with Gasteiger partial charge in [0.2, 0.25) is 0 Å². The van der Waals surface area contributed by atoms with Gasteiger partial charge in [0.15, 0.2) is 0 Å². The van der Waals surface area contributed by atoms with Gasteiger partial charge in [0.25, 0.3) is 0 Å². The molecule has 0 unspecified atom stereocenters. The summed E-state index contributed by atoms with van der Waals surface area (Å²) < 4.78 is 0. The van der Waals surface area contributed by atoms with Crippen LogP contribution in [0.25, 0.3) is 0 Å². The van der Waals surface area contributed by atoms with Crippen molar-refractivity contribution >= 4 is 0 Å². The first kappa shape index (κ1) is 12.0. The van der Waals surface area contributed by atoms with Crippen LogP contribution in [0.1, 0.15) is 31.9 Å². The summed E-state index contributed by atoms with van der Waals surface area (Å²) in [5.74, 6) is 0.721. The molecule has 15 heavy (non-hydrogen) atoms. The van der Waals surface area contributed by atoms with Crippen molar-refractivity contribution < 1.29 is 5.11 Å². The summed E-state index contributed by atoms with van der Waals surface area (Å²) >= 11 is 0. The molecule has 1 rings (SSSR count). The molecule has 0 heterocycles. The highest BCUT2D eigenvalue weighted by atomic mass is 16.3. The van der Waals surface area contributed by atoms with E-state index in [-0.39, 0.29) is 5.92 Å². The molecule has 1 heteroatoms. The van der Waals surface area contributed by atoms with E-state index in [1.807, 2.05) is 36.4 Å². The third kappa shape index (κ3) is 3.52. The van der Waals surface area contributed by atoms with Crippen LogP contribution in [0.15, 0.2) is 43.0 Å². The van der Waals surface area contributed by atoms with E-state index < -0.39 is 6.10 Å². The fourth-order valence-electron chi connectivity index (χ4n) is 1.80. The summed E-state index contributed by atoms with van der Waals surface area (Å²) in [5.41, 5.74) is 0.975. The van der Waals surface area contributed by atoms with Crippen LogP contribution in [-0.2, 0) is 0 Å². The van der Waals surface area contributed by atoms with Gasteiger partial charge in [0.1, 0.15) is 0 Å². The quantitative estimate of drug-likeness (QED) is 0.727. The number of aliphatic hydroxyl groups excluding tert-OH is 1. The Morgan fingerprint density at radius 2 is 1.87 bits per heavy atom. The monoisotopic (exact) mass is 204 g/mol. The highest BCUT2D eigenvalue weighted by molar-refractivity contribution is 5.19. The van der Waals surface area contributed by atoms with E-state index in [9.17, 15) is 5.11 Å². The second-order valence-electron chi connectivity index (χ2n) is 4.38. The molecule has 82 valence electrons. The number of rotatable bonds is 5. The SMILES string of the molecule is C=C[C@H](CC(C)C)[C@@H](O)c1ccccc1. The summed E-state index contributed by atoms with van der Waals surface area (Å²) in [4.78, 5) is 0. The predicted octanol–water partition coefficient (Wildman–Crippen LogP) is 3.57. The van der Waals surface area contributed by atoms with Gasteiger partial charge in [-0.2, -0.15) is 0 Å². The van der Waals surface area contributed by atoms with Gasteiger partial charge in [-0.1, -0.05) is 50.3 Å². The van der Waals surface area contributed by atoms with E-state index in [0.29, 0.717) is 5.92 Å². The van der Waals surface area contributed by atoms with Crippen molar-refractivity contribution in [3.8, 4) is 0 Å². The molecule has 0 aliphatic rings. The minimum absolute atomic E-state index is 0.146. The van der Waals surface area contributed by atoms with Crippen LogP contribution in [-0.4, -0.2) is 5.11 Å². The van der Waals surface area contributed by atoms with Gasteiger partial charge in [-0.25, -0.2) is 0 Å². The predicted molar refractivity (Wildman–Crippen MR) is 64.5 cm³/mol. The van der Waals surface area contributed by atoms with Crippen molar-refractivity contribution in [3.63, 3.8) is 0 Å². The second-order valence-corrected chi connectivity index (χ2v) is 4.38. The molecule has 1 N–H and O–H groups in total. The maximum absolute atomic E-state index is 10.2. The van der Waals surface area contributed by atoms with E-state index in [2.05, 4.69) is 20.4 Å². The maximum atomic E-state index is 10.2. The van der Waals surface area contributed by atoms with Gasteiger partial charge in [-0.05, 0) is 17.9 Å². The van der Waals surface area contributed by atoms with Crippen molar-refractivity contribution in [1.29, 1.82) is 0 Å². The zero-order valence-corrected chi connectivity index (χ0v) is 9.56. The van der Waals surface area contributed by atoms with Crippen LogP contribution in [0.4, 0.5) is 0 Å². The normalized spacial score (nSPS) is 14.9. The minimum Gasteiger partial charge on any atom is -0.388 e. The molecule has 1 aromatic carbocycles. The third-order valence-corrected chi connectivity index (χ3v) is 2.59. The Morgan fingerprint density at radius 3 is 2.33 bits per heavy atom. The number of aliphatic hydroxyl groups is 1. The lowest BCUT2D eigenvalue weighted by Crippen LogP contribution is -2.12. The average molecular weight is 204 g/mol. The van der Waals surface area contributed by atoms with Crippen molar-refractivity contribution in [2.24, 2.45) is 11.8 Å². The molecule has 0 spiro atoms. The molecule has 0 amide bonds. The summed E-state index contributed by atoms with van der Waals surface area (Å²) in [6, 6.07) is 9.78. The van der Waals surface area contributed by atoms with Crippen LogP contribution >= 0.6 is 0 Å². The summed E-state index contributed by atoms with van der Waals surface area (Å²) in [6.45, 7) is 8.12. The Hall–Kier alpha value is -1.08. The Labute approximate surface area is 92.5 Å². The number of benzene rings is 1. The lowest BCUT2D eigenvalue weighted by molar-refractivity contribution is 0.120. The van der Waals surface area contributed by atoms with Gasteiger partial charge >= 0.3 is 0 Å². The van der Waals surface area contributed by atoms with Crippen molar-refractivity contribution in [2.45, 2.75) is 26.4 Å². The Bertz CT molecular complexity index is 289. The zero-order chi connectivity index (χ0) is 11.3. The minimum atomic E-state index is -0.425. The first-order valence-electron chi connectivity index (χ1n) is 5.50. The van der Waals surface area contributed by atoms with Crippen LogP contribution in [0.3, 0.4) is 0 Å². The van der Waals surface area contributed by atoms with Gasteiger partial charge in [-0.15, -0.1) is 6.58 Å². The second kappa shape index (κ2) is 5.72. The van der Waals surface area contributed by atoms with E-state index in [1.165, 1.54) is 0 Å². The lowest BCUT2D eigenvalue weighted by Gasteiger charge is -2.21. The third-order valence-electron chi connectivity index (χ3n) is 2.59. The van der Waals surface area contributed by atoms with E-state index in [0.717, 1.165) is 12.0 Å². The summed E-state index contributed by atoms with van der Waals surface area (Å²) in [6.07, 6.45) is 2.41. The molecule has 0 aromatic heterocycles. The van der Waals surface area contributed by atoms with Crippen LogP contribution in [0.5, 0.6) is 0 Å². The maximum Gasteiger partial charge on any atom is 0.0852 e. The largest absolute Gasteiger partial charge is 0.388 e. The van der Waals surface area contributed by atoms with Gasteiger partial charge in [0, 0.05) is 5.92 Å². The molecule has 0 saturated carbocycles. The topological polar surface area (TPSA) is 20.2 Å². The fourth-order valence-corrected chi connectivity index (χ4v) is 1.80. The van der Waals surface area contributed by atoms with Crippen molar-refractivity contribution in [2.75, 3.05) is 0 Å². The smallest absolute Gasteiger partial charge is 0.0852 e. The highest BCUT2D eigenvalue weighted by Gasteiger charge is 2.18. The first-order valence-corrected chi connectivity index (χ1v) is 5.50. The molecule has 0 saturated heterocycles. The first-order chi connectivity index (χ1) is 7.15. The van der Waals surface area contributed by atoms with Crippen molar-refractivity contribution in [3.05, 3.63) is 48.6 Å². The molecule has 0 aliphatic carbocycles. The standard InChI is InChI=1S/C14H20O/c1-4-12(10-11(2)3)14(15)13-8-6-5-7-9-13/h4-9,11-12,14-15H,1,10H2,2-3H3/t12-,14-/m1/s1. The van der Waals surface area contributed by atoms with Crippen LogP contribution in [0.2, 0.25) is 0 Å². The molecule has 2 atom stereocenters. The Kier molecular flexibility index (Phi) is 4.57. The fraction of sp³-hybridized carbons (Fsp3) is 0.429. The van der Waals surface area contributed by atoms with Gasteiger partial charge in [0.05, 0.1) is 6.10 Å².